The zero-order chi connectivity index (χ0) is 13.3. The molecule has 6 nitrogen and oxygen atoms in total. The number of carbonyl (C=O) groups is 1. The number of nitrogens with zero attached hydrogens (tertiary/aromatic N) is 3. The molecule has 0 aliphatic carbocycles. The Bertz CT molecular complexity index is 583. The minimum Gasteiger partial charge on any atom is -0.455 e. The van der Waals surface area contributed by atoms with Gasteiger partial charge in [0.15, 0.2) is 0 Å². The fraction of sp³-hybridized carbons (Fsp3) is 0.333. The minimum atomic E-state index is -0.395. The largest absolute Gasteiger partial charge is 0.455 e. The van der Waals surface area contributed by atoms with Crippen molar-refractivity contribution in [3.63, 3.8) is 0 Å². The third-order valence-corrected chi connectivity index (χ3v) is 2.69. The van der Waals surface area contributed by atoms with E-state index >= 15 is 0 Å². The SMILES string of the molecule is Cc1cc(COC(=O)c2cc(N)cn2C)n(C)n1. The van der Waals surface area contributed by atoms with Crippen molar-refractivity contribution >= 4 is 11.7 Å². The van der Waals surface area contributed by atoms with E-state index in [9.17, 15) is 4.79 Å². The molecule has 2 heterocycles. The molecule has 0 aliphatic rings. The first-order valence-electron chi connectivity index (χ1n) is 5.56. The summed E-state index contributed by atoms with van der Waals surface area (Å²) in [5, 5.41) is 4.18. The number of hydrogen-bond donors (Lipinski definition) is 1. The smallest absolute Gasteiger partial charge is 0.355 e. The standard InChI is InChI=1S/C12H16N4O2/c1-8-4-10(16(3)14-8)7-18-12(17)11-5-9(13)6-15(11)2/h4-6H,7,13H2,1-3H3. The molecule has 0 atom stereocenters. The summed E-state index contributed by atoms with van der Waals surface area (Å²) in [6.45, 7) is 2.09. The molecule has 0 amide bonds. The minimum absolute atomic E-state index is 0.196. The Balaban J connectivity index is 2.05. The molecule has 0 aromatic carbocycles. The lowest BCUT2D eigenvalue weighted by molar-refractivity contribution is 0.0452. The number of ether oxygens (including phenoxy) is 1. The second-order valence-corrected chi connectivity index (χ2v) is 4.25. The van der Waals surface area contributed by atoms with E-state index in [1.807, 2.05) is 20.0 Å². The molecule has 18 heavy (non-hydrogen) atoms. The monoisotopic (exact) mass is 248 g/mol. The van der Waals surface area contributed by atoms with Crippen molar-refractivity contribution < 1.29 is 9.53 Å². The van der Waals surface area contributed by atoms with E-state index < -0.39 is 5.97 Å². The van der Waals surface area contributed by atoms with E-state index in [2.05, 4.69) is 5.10 Å². The number of rotatable bonds is 3. The molecule has 0 spiro atoms. The number of carbonyl (C=O) groups excluding carboxylic acids is 1. The van der Waals surface area contributed by atoms with E-state index in [1.54, 1.807) is 28.6 Å². The van der Waals surface area contributed by atoms with Gasteiger partial charge in [-0.1, -0.05) is 0 Å². The number of aryl methyl sites for hydroxylation is 3. The molecule has 2 aromatic rings. The van der Waals surface area contributed by atoms with Crippen LogP contribution in [0.5, 0.6) is 0 Å². The molecular formula is C12H16N4O2. The first kappa shape index (κ1) is 12.2. The fourth-order valence-corrected chi connectivity index (χ4v) is 1.81. The van der Waals surface area contributed by atoms with Gasteiger partial charge in [-0.25, -0.2) is 4.79 Å². The Labute approximate surface area is 105 Å². The summed E-state index contributed by atoms with van der Waals surface area (Å²) in [7, 11) is 3.57. The molecule has 0 bridgehead atoms. The number of hydrogen-bond acceptors (Lipinski definition) is 4. The molecular weight excluding hydrogens is 232 g/mol. The van der Waals surface area contributed by atoms with Crippen molar-refractivity contribution in [1.29, 1.82) is 0 Å². The number of anilines is 1. The van der Waals surface area contributed by atoms with Crippen LogP contribution in [0.2, 0.25) is 0 Å². The van der Waals surface area contributed by atoms with Gasteiger partial charge in [0.25, 0.3) is 0 Å². The normalized spacial score (nSPS) is 10.6. The second kappa shape index (κ2) is 4.56. The summed E-state index contributed by atoms with van der Waals surface area (Å²) in [4.78, 5) is 11.8. The van der Waals surface area contributed by atoms with Crippen molar-refractivity contribution in [1.82, 2.24) is 14.3 Å². The van der Waals surface area contributed by atoms with Gasteiger partial charge >= 0.3 is 5.97 Å². The maximum Gasteiger partial charge on any atom is 0.355 e. The Morgan fingerprint density at radius 3 is 2.67 bits per heavy atom. The first-order valence-corrected chi connectivity index (χ1v) is 5.56. The Hall–Kier alpha value is -2.24. The summed E-state index contributed by atoms with van der Waals surface area (Å²) >= 11 is 0. The third kappa shape index (κ3) is 2.37. The lowest BCUT2D eigenvalue weighted by Gasteiger charge is -2.05. The van der Waals surface area contributed by atoms with Crippen LogP contribution >= 0.6 is 0 Å². The fourth-order valence-electron chi connectivity index (χ4n) is 1.81. The summed E-state index contributed by atoms with van der Waals surface area (Å²) in [5.41, 5.74) is 8.33. The van der Waals surface area contributed by atoms with Crippen molar-refractivity contribution in [2.45, 2.75) is 13.5 Å². The van der Waals surface area contributed by atoms with Crippen molar-refractivity contribution in [3.05, 3.63) is 35.4 Å². The van der Waals surface area contributed by atoms with Gasteiger partial charge in [-0.3, -0.25) is 4.68 Å². The van der Waals surface area contributed by atoms with Gasteiger partial charge in [-0.15, -0.1) is 0 Å². The van der Waals surface area contributed by atoms with Crippen LogP contribution in [0.25, 0.3) is 0 Å². The average molecular weight is 248 g/mol. The molecule has 0 saturated heterocycles. The predicted octanol–water partition coefficient (Wildman–Crippen LogP) is 1.01. The lowest BCUT2D eigenvalue weighted by atomic mass is 10.4. The van der Waals surface area contributed by atoms with Gasteiger partial charge in [0.05, 0.1) is 17.1 Å². The van der Waals surface area contributed by atoms with Gasteiger partial charge in [0, 0.05) is 20.3 Å². The first-order chi connectivity index (χ1) is 8.47. The highest BCUT2D eigenvalue weighted by Crippen LogP contribution is 2.11. The summed E-state index contributed by atoms with van der Waals surface area (Å²) < 4.78 is 8.57. The number of esters is 1. The van der Waals surface area contributed by atoms with E-state index in [4.69, 9.17) is 10.5 Å². The van der Waals surface area contributed by atoms with Gasteiger partial charge in [0.1, 0.15) is 12.3 Å². The van der Waals surface area contributed by atoms with Crippen LogP contribution in [0.15, 0.2) is 18.3 Å². The van der Waals surface area contributed by atoms with E-state index in [-0.39, 0.29) is 6.61 Å². The Morgan fingerprint density at radius 2 is 2.17 bits per heavy atom. The molecule has 0 radical (unpaired) electrons. The third-order valence-electron chi connectivity index (χ3n) is 2.69. The topological polar surface area (TPSA) is 75.1 Å². The highest BCUT2D eigenvalue weighted by Gasteiger charge is 2.13. The molecule has 2 N–H and O–H groups in total. The maximum atomic E-state index is 11.8. The van der Waals surface area contributed by atoms with Crippen molar-refractivity contribution in [2.75, 3.05) is 5.73 Å². The highest BCUT2D eigenvalue weighted by molar-refractivity contribution is 5.89. The molecule has 96 valence electrons. The predicted molar refractivity (Wildman–Crippen MR) is 66.9 cm³/mol. The van der Waals surface area contributed by atoms with E-state index in [1.165, 1.54) is 0 Å². The van der Waals surface area contributed by atoms with Gasteiger partial charge in [0.2, 0.25) is 0 Å². The van der Waals surface area contributed by atoms with Gasteiger partial charge < -0.3 is 15.0 Å². The molecule has 0 unspecified atom stereocenters. The number of nitrogen functional groups attached to an aromatic ring is 1. The zero-order valence-electron chi connectivity index (χ0n) is 10.7. The highest BCUT2D eigenvalue weighted by atomic mass is 16.5. The van der Waals surface area contributed by atoms with E-state index in [0.717, 1.165) is 11.4 Å². The van der Waals surface area contributed by atoms with Crippen LogP contribution in [-0.4, -0.2) is 20.3 Å². The summed E-state index contributed by atoms with van der Waals surface area (Å²) in [6, 6.07) is 3.48. The van der Waals surface area contributed by atoms with Crippen LogP contribution in [0, 0.1) is 6.92 Å². The van der Waals surface area contributed by atoms with Gasteiger partial charge in [-0.2, -0.15) is 5.10 Å². The van der Waals surface area contributed by atoms with Crippen LogP contribution in [0.4, 0.5) is 5.69 Å². The second-order valence-electron chi connectivity index (χ2n) is 4.25. The maximum absolute atomic E-state index is 11.8. The van der Waals surface area contributed by atoms with Crippen LogP contribution in [0.1, 0.15) is 21.9 Å². The molecule has 2 rings (SSSR count). The van der Waals surface area contributed by atoms with Crippen LogP contribution in [-0.2, 0) is 25.4 Å². The summed E-state index contributed by atoms with van der Waals surface area (Å²) in [5.74, 6) is -0.395. The van der Waals surface area contributed by atoms with Crippen LogP contribution < -0.4 is 5.73 Å². The number of nitrogens with two attached hydrogens (primary N) is 1. The lowest BCUT2D eigenvalue weighted by Crippen LogP contribution is -2.11. The molecule has 6 heteroatoms. The average Bonchev–Trinajstić information content (AvgIpc) is 2.78. The van der Waals surface area contributed by atoms with Gasteiger partial charge in [-0.05, 0) is 19.1 Å². The van der Waals surface area contributed by atoms with Crippen molar-refractivity contribution in [2.24, 2.45) is 14.1 Å². The Kier molecular flexibility index (Phi) is 3.10. The zero-order valence-corrected chi connectivity index (χ0v) is 10.7. The van der Waals surface area contributed by atoms with Crippen molar-refractivity contribution in [3.8, 4) is 0 Å². The van der Waals surface area contributed by atoms with E-state index in [0.29, 0.717) is 11.4 Å². The van der Waals surface area contributed by atoms with Crippen LogP contribution in [0.3, 0.4) is 0 Å². The molecule has 0 saturated carbocycles. The molecule has 0 aliphatic heterocycles. The number of aromatic nitrogens is 3. The molecule has 0 fully saturated rings. The molecule has 2 aromatic heterocycles. The quantitative estimate of drug-likeness (QED) is 0.822. The Morgan fingerprint density at radius 1 is 1.44 bits per heavy atom. The summed E-state index contributed by atoms with van der Waals surface area (Å²) in [6.07, 6.45) is 1.67.